The van der Waals surface area contributed by atoms with Crippen molar-refractivity contribution in [1.82, 2.24) is 0 Å². The van der Waals surface area contributed by atoms with Crippen molar-refractivity contribution >= 4 is 17.9 Å². The van der Waals surface area contributed by atoms with Crippen molar-refractivity contribution in [3.8, 4) is 0 Å². The highest BCUT2D eigenvalue weighted by molar-refractivity contribution is 5.90. The number of carbonyl (C=O) groups excluding carboxylic acids is 2. The minimum atomic E-state index is -2.53. The van der Waals surface area contributed by atoms with Crippen LogP contribution in [-0.4, -0.2) is 46.9 Å². The van der Waals surface area contributed by atoms with Crippen LogP contribution in [-0.2, 0) is 23.9 Å². The lowest BCUT2D eigenvalue weighted by Crippen LogP contribution is -2.51. The van der Waals surface area contributed by atoms with E-state index >= 15 is 0 Å². The van der Waals surface area contributed by atoms with Crippen LogP contribution in [0, 0.1) is 5.92 Å². The van der Waals surface area contributed by atoms with Gasteiger partial charge in [-0.1, -0.05) is 46.5 Å². The normalized spacial score (nSPS) is 14.4. The average molecular weight is 360 g/mol. The van der Waals surface area contributed by atoms with Gasteiger partial charge in [-0.25, -0.2) is 4.79 Å². The third-order valence-electron chi connectivity index (χ3n) is 3.99. The van der Waals surface area contributed by atoms with Crippen molar-refractivity contribution in [1.29, 1.82) is 0 Å². The summed E-state index contributed by atoms with van der Waals surface area (Å²) in [7, 11) is 0. The van der Waals surface area contributed by atoms with E-state index in [0.29, 0.717) is 19.3 Å². The molecule has 2 N–H and O–H groups in total. The molecule has 2 atom stereocenters. The first-order valence-electron chi connectivity index (χ1n) is 9.11. The molecule has 0 radical (unpaired) electrons. The van der Waals surface area contributed by atoms with E-state index in [1.807, 2.05) is 20.8 Å². The van der Waals surface area contributed by atoms with Gasteiger partial charge in [0.25, 0.3) is 0 Å². The standard InChI is InChI=1S/C18H32O7/c1-4-7-10-14(16(20)25-12-9-6-3)18(23,17(21)22)13-15(19)24-11-8-5-2/h14,23H,4-13H2,1-3H3,(H,21,22). The van der Waals surface area contributed by atoms with E-state index in [1.54, 1.807) is 0 Å². The number of carbonyl (C=O) groups is 3. The fourth-order valence-corrected chi connectivity index (χ4v) is 2.33. The molecule has 0 aromatic rings. The Morgan fingerprint density at radius 2 is 1.44 bits per heavy atom. The van der Waals surface area contributed by atoms with Gasteiger partial charge in [0.1, 0.15) is 0 Å². The molecule has 0 rings (SSSR count). The van der Waals surface area contributed by atoms with Gasteiger partial charge in [0, 0.05) is 0 Å². The molecule has 7 heteroatoms. The number of aliphatic carboxylic acids is 1. The first-order chi connectivity index (χ1) is 11.8. The van der Waals surface area contributed by atoms with E-state index in [4.69, 9.17) is 9.47 Å². The molecule has 0 aliphatic heterocycles. The average Bonchev–Trinajstić information content (AvgIpc) is 2.55. The number of carboxylic acid groups (broad SMARTS) is 1. The van der Waals surface area contributed by atoms with Crippen LogP contribution in [0.3, 0.4) is 0 Å². The fourth-order valence-electron chi connectivity index (χ4n) is 2.33. The van der Waals surface area contributed by atoms with E-state index in [2.05, 4.69) is 0 Å². The minimum absolute atomic E-state index is 0.131. The van der Waals surface area contributed by atoms with Crippen LogP contribution in [0.25, 0.3) is 0 Å². The van der Waals surface area contributed by atoms with Crippen LogP contribution in [0.15, 0.2) is 0 Å². The summed E-state index contributed by atoms with van der Waals surface area (Å²) in [5, 5.41) is 20.1. The number of rotatable bonds is 14. The molecule has 0 amide bonds. The molecule has 0 aromatic heterocycles. The van der Waals surface area contributed by atoms with Gasteiger partial charge in [-0.05, 0) is 19.3 Å². The van der Waals surface area contributed by atoms with Crippen LogP contribution in [0.5, 0.6) is 0 Å². The molecule has 0 aliphatic carbocycles. The molecule has 25 heavy (non-hydrogen) atoms. The maximum absolute atomic E-state index is 12.3. The number of ether oxygens (including phenoxy) is 2. The van der Waals surface area contributed by atoms with E-state index in [-0.39, 0.29) is 19.6 Å². The Morgan fingerprint density at radius 3 is 1.92 bits per heavy atom. The number of unbranched alkanes of at least 4 members (excludes halogenated alkanes) is 3. The third-order valence-corrected chi connectivity index (χ3v) is 3.99. The Kier molecular flexibility index (Phi) is 11.9. The Labute approximate surface area is 149 Å². The molecule has 0 saturated carbocycles. The van der Waals surface area contributed by atoms with Gasteiger partial charge in [0.05, 0.1) is 25.6 Å². The van der Waals surface area contributed by atoms with E-state index in [0.717, 1.165) is 19.3 Å². The first kappa shape index (κ1) is 23.4. The molecule has 0 saturated heterocycles. The van der Waals surface area contributed by atoms with E-state index in [1.165, 1.54) is 0 Å². The lowest BCUT2D eigenvalue weighted by atomic mass is 9.81. The van der Waals surface area contributed by atoms with Gasteiger partial charge in [-0.3, -0.25) is 9.59 Å². The van der Waals surface area contributed by atoms with E-state index in [9.17, 15) is 24.6 Å². The highest BCUT2D eigenvalue weighted by Crippen LogP contribution is 2.29. The zero-order valence-corrected chi connectivity index (χ0v) is 15.6. The minimum Gasteiger partial charge on any atom is -0.479 e. The second-order valence-electron chi connectivity index (χ2n) is 6.20. The summed E-state index contributed by atoms with van der Waals surface area (Å²) in [5.41, 5.74) is -2.53. The smallest absolute Gasteiger partial charge is 0.337 e. The third kappa shape index (κ3) is 8.34. The van der Waals surface area contributed by atoms with Gasteiger partial charge in [0.2, 0.25) is 0 Å². The molecule has 0 fully saturated rings. The number of hydrogen-bond donors (Lipinski definition) is 2. The van der Waals surface area contributed by atoms with Crippen molar-refractivity contribution in [2.24, 2.45) is 5.92 Å². The summed E-state index contributed by atoms with van der Waals surface area (Å²) >= 11 is 0. The van der Waals surface area contributed by atoms with Crippen LogP contribution >= 0.6 is 0 Å². The molecule has 2 unspecified atom stereocenters. The van der Waals surface area contributed by atoms with Crippen molar-refractivity contribution in [3.05, 3.63) is 0 Å². The summed E-state index contributed by atoms with van der Waals surface area (Å²) in [6.07, 6.45) is 3.55. The summed E-state index contributed by atoms with van der Waals surface area (Å²) in [4.78, 5) is 35.9. The van der Waals surface area contributed by atoms with Gasteiger partial charge >= 0.3 is 17.9 Å². The monoisotopic (exact) mass is 360 g/mol. The summed E-state index contributed by atoms with van der Waals surface area (Å²) in [6, 6.07) is 0. The van der Waals surface area contributed by atoms with Gasteiger partial charge in [0.15, 0.2) is 5.60 Å². The molecule has 0 aliphatic rings. The summed E-state index contributed by atoms with van der Waals surface area (Å²) < 4.78 is 10.1. The topological polar surface area (TPSA) is 110 Å². The zero-order valence-electron chi connectivity index (χ0n) is 15.6. The lowest BCUT2D eigenvalue weighted by molar-refractivity contribution is -0.183. The molecule has 0 heterocycles. The highest BCUT2D eigenvalue weighted by Gasteiger charge is 2.50. The van der Waals surface area contributed by atoms with Crippen LogP contribution in [0.2, 0.25) is 0 Å². The summed E-state index contributed by atoms with van der Waals surface area (Å²) in [6.45, 7) is 6.06. The molecule has 0 spiro atoms. The highest BCUT2D eigenvalue weighted by atomic mass is 16.5. The first-order valence-corrected chi connectivity index (χ1v) is 9.11. The molecular weight excluding hydrogens is 328 g/mol. The number of esters is 2. The van der Waals surface area contributed by atoms with E-state index < -0.39 is 35.8 Å². The molecule has 0 bridgehead atoms. The Hall–Kier alpha value is -1.63. The van der Waals surface area contributed by atoms with Crippen LogP contribution < -0.4 is 0 Å². The Balaban J connectivity index is 5.18. The Morgan fingerprint density at radius 1 is 0.920 bits per heavy atom. The van der Waals surface area contributed by atoms with Crippen LogP contribution in [0.4, 0.5) is 0 Å². The second kappa shape index (κ2) is 12.7. The van der Waals surface area contributed by atoms with Crippen LogP contribution in [0.1, 0.15) is 72.1 Å². The molecule has 7 nitrogen and oxygen atoms in total. The maximum atomic E-state index is 12.3. The van der Waals surface area contributed by atoms with Crippen molar-refractivity contribution in [2.45, 2.75) is 77.7 Å². The van der Waals surface area contributed by atoms with Gasteiger partial charge in [-0.2, -0.15) is 0 Å². The Bertz CT molecular complexity index is 422. The lowest BCUT2D eigenvalue weighted by Gasteiger charge is -2.30. The van der Waals surface area contributed by atoms with Crippen molar-refractivity contribution in [3.63, 3.8) is 0 Å². The van der Waals surface area contributed by atoms with Gasteiger partial charge in [-0.15, -0.1) is 0 Å². The van der Waals surface area contributed by atoms with Gasteiger partial charge < -0.3 is 19.7 Å². The number of hydrogen-bond acceptors (Lipinski definition) is 6. The van der Waals surface area contributed by atoms with Crippen molar-refractivity contribution in [2.75, 3.05) is 13.2 Å². The maximum Gasteiger partial charge on any atom is 0.337 e. The predicted octanol–water partition coefficient (Wildman–Crippen LogP) is 2.69. The molecular formula is C18H32O7. The zero-order chi connectivity index (χ0) is 19.3. The number of carboxylic acids is 1. The molecule has 146 valence electrons. The summed E-state index contributed by atoms with van der Waals surface area (Å²) in [5.74, 6) is -4.54. The molecule has 0 aromatic carbocycles. The predicted molar refractivity (Wildman–Crippen MR) is 92.0 cm³/mol. The number of aliphatic hydroxyl groups is 1. The second-order valence-corrected chi connectivity index (χ2v) is 6.20. The SMILES string of the molecule is CCCCOC(=O)CC(O)(C(=O)O)C(CCCC)C(=O)OCCCC. The van der Waals surface area contributed by atoms with Crippen molar-refractivity contribution < 1.29 is 34.1 Å². The quantitative estimate of drug-likeness (QED) is 0.362. The largest absolute Gasteiger partial charge is 0.479 e. The fraction of sp³-hybridized carbons (Fsp3) is 0.833.